The van der Waals surface area contributed by atoms with E-state index in [1.807, 2.05) is 29.3 Å². The van der Waals surface area contributed by atoms with Gasteiger partial charge in [0.1, 0.15) is 5.82 Å². The topological polar surface area (TPSA) is 48.9 Å². The summed E-state index contributed by atoms with van der Waals surface area (Å²) in [6.45, 7) is 6.72. The van der Waals surface area contributed by atoms with Crippen LogP contribution >= 0.6 is 0 Å². The molecule has 0 bridgehead atoms. The van der Waals surface area contributed by atoms with Crippen molar-refractivity contribution < 1.29 is 9.53 Å². The number of anilines is 1. The number of piperazine rings is 1. The van der Waals surface area contributed by atoms with Crippen molar-refractivity contribution in [1.82, 2.24) is 14.8 Å². The first-order valence-corrected chi connectivity index (χ1v) is 8.91. The third-order valence-electron chi connectivity index (χ3n) is 4.98. The highest BCUT2D eigenvalue weighted by Crippen LogP contribution is 2.17. The van der Waals surface area contributed by atoms with Crippen molar-refractivity contribution in [3.05, 3.63) is 24.4 Å². The van der Waals surface area contributed by atoms with Gasteiger partial charge in [-0.15, -0.1) is 0 Å². The molecule has 2 saturated heterocycles. The average molecular weight is 332 g/mol. The predicted octanol–water partition coefficient (Wildman–Crippen LogP) is 1.09. The third kappa shape index (κ3) is 4.45. The van der Waals surface area contributed by atoms with Crippen LogP contribution in [-0.4, -0.2) is 80.2 Å². The summed E-state index contributed by atoms with van der Waals surface area (Å²) in [5.41, 5.74) is 0. The second kappa shape index (κ2) is 8.44. The summed E-state index contributed by atoms with van der Waals surface area (Å²) < 4.78 is 5.25. The standard InChI is InChI=1S/C18H28N4O2/c1-24-15-16-5-4-8-22(13-16)18(23)14-20-9-11-21(12-10-20)17-6-2-3-7-19-17/h2-3,6-7,16H,4-5,8-15H2,1H3/t16-/m0/s1. The second-order valence-corrected chi connectivity index (χ2v) is 6.75. The van der Waals surface area contributed by atoms with Gasteiger partial charge in [-0.1, -0.05) is 6.07 Å². The van der Waals surface area contributed by atoms with E-state index in [0.717, 1.165) is 58.1 Å². The van der Waals surface area contributed by atoms with Gasteiger partial charge in [0.2, 0.25) is 5.91 Å². The Bertz CT molecular complexity index is 515. The van der Waals surface area contributed by atoms with Gasteiger partial charge in [-0.2, -0.15) is 0 Å². The molecule has 2 aliphatic heterocycles. The van der Waals surface area contributed by atoms with Crippen LogP contribution in [0.3, 0.4) is 0 Å². The normalized spacial score (nSPS) is 22.6. The van der Waals surface area contributed by atoms with E-state index in [1.54, 1.807) is 7.11 Å². The predicted molar refractivity (Wildman–Crippen MR) is 94.1 cm³/mol. The number of hydrogen-bond donors (Lipinski definition) is 0. The Kier molecular flexibility index (Phi) is 6.04. The molecule has 6 heteroatoms. The highest BCUT2D eigenvalue weighted by atomic mass is 16.5. The van der Waals surface area contributed by atoms with E-state index in [2.05, 4.69) is 14.8 Å². The Morgan fingerprint density at radius 2 is 2.08 bits per heavy atom. The molecule has 2 aliphatic rings. The van der Waals surface area contributed by atoms with Crippen LogP contribution in [0.4, 0.5) is 5.82 Å². The summed E-state index contributed by atoms with van der Waals surface area (Å²) in [5.74, 6) is 1.79. The molecular weight excluding hydrogens is 304 g/mol. The smallest absolute Gasteiger partial charge is 0.236 e. The van der Waals surface area contributed by atoms with Gasteiger partial charge < -0.3 is 14.5 Å². The summed E-state index contributed by atoms with van der Waals surface area (Å²) in [5, 5.41) is 0. The lowest BCUT2D eigenvalue weighted by Crippen LogP contribution is -2.51. The molecule has 3 rings (SSSR count). The monoisotopic (exact) mass is 332 g/mol. The average Bonchev–Trinajstić information content (AvgIpc) is 2.64. The van der Waals surface area contributed by atoms with Crippen LogP contribution in [0.2, 0.25) is 0 Å². The summed E-state index contributed by atoms with van der Waals surface area (Å²) in [6, 6.07) is 6.00. The van der Waals surface area contributed by atoms with Crippen molar-refractivity contribution in [2.75, 3.05) is 64.4 Å². The molecule has 132 valence electrons. The maximum atomic E-state index is 12.6. The molecule has 0 aromatic carbocycles. The van der Waals surface area contributed by atoms with Gasteiger partial charge in [-0.05, 0) is 30.9 Å². The summed E-state index contributed by atoms with van der Waals surface area (Å²) in [4.78, 5) is 23.6. The number of carbonyl (C=O) groups excluding carboxylic acids is 1. The number of pyridine rings is 1. The number of aromatic nitrogens is 1. The lowest BCUT2D eigenvalue weighted by molar-refractivity contribution is -0.134. The van der Waals surface area contributed by atoms with Crippen LogP contribution in [0.15, 0.2) is 24.4 Å². The van der Waals surface area contributed by atoms with Gasteiger partial charge in [0, 0.05) is 52.6 Å². The van der Waals surface area contributed by atoms with Crippen LogP contribution in [0.25, 0.3) is 0 Å². The Hall–Kier alpha value is -1.66. The molecule has 0 saturated carbocycles. The number of amides is 1. The minimum absolute atomic E-state index is 0.266. The quantitative estimate of drug-likeness (QED) is 0.808. The van der Waals surface area contributed by atoms with Gasteiger partial charge in [0.15, 0.2) is 0 Å². The van der Waals surface area contributed by atoms with E-state index in [-0.39, 0.29) is 5.91 Å². The molecule has 1 amide bonds. The molecular formula is C18H28N4O2. The van der Waals surface area contributed by atoms with Crippen molar-refractivity contribution in [3.8, 4) is 0 Å². The number of likely N-dealkylation sites (tertiary alicyclic amines) is 1. The summed E-state index contributed by atoms with van der Waals surface area (Å²) in [7, 11) is 1.74. The highest BCUT2D eigenvalue weighted by Gasteiger charge is 2.26. The lowest BCUT2D eigenvalue weighted by atomic mass is 9.99. The molecule has 24 heavy (non-hydrogen) atoms. The van der Waals surface area contributed by atoms with Crippen molar-refractivity contribution >= 4 is 11.7 Å². The number of rotatable bonds is 5. The maximum Gasteiger partial charge on any atom is 0.236 e. The van der Waals surface area contributed by atoms with Gasteiger partial charge in [0.25, 0.3) is 0 Å². The van der Waals surface area contributed by atoms with Crippen LogP contribution in [0.1, 0.15) is 12.8 Å². The minimum atomic E-state index is 0.266. The molecule has 0 N–H and O–H groups in total. The Morgan fingerprint density at radius 3 is 2.79 bits per heavy atom. The molecule has 3 heterocycles. The molecule has 1 aromatic heterocycles. The van der Waals surface area contributed by atoms with E-state index in [9.17, 15) is 4.79 Å². The highest BCUT2D eigenvalue weighted by molar-refractivity contribution is 5.78. The minimum Gasteiger partial charge on any atom is -0.384 e. The van der Waals surface area contributed by atoms with Gasteiger partial charge in [0.05, 0.1) is 13.2 Å². The van der Waals surface area contributed by atoms with E-state index >= 15 is 0 Å². The first-order valence-electron chi connectivity index (χ1n) is 8.91. The van der Waals surface area contributed by atoms with E-state index < -0.39 is 0 Å². The van der Waals surface area contributed by atoms with Crippen LogP contribution in [0.5, 0.6) is 0 Å². The zero-order valence-corrected chi connectivity index (χ0v) is 14.6. The summed E-state index contributed by atoms with van der Waals surface area (Å²) in [6.07, 6.45) is 4.09. The second-order valence-electron chi connectivity index (χ2n) is 6.75. The fourth-order valence-electron chi connectivity index (χ4n) is 3.63. The van der Waals surface area contributed by atoms with Gasteiger partial charge >= 0.3 is 0 Å². The molecule has 6 nitrogen and oxygen atoms in total. The maximum absolute atomic E-state index is 12.6. The van der Waals surface area contributed by atoms with E-state index in [1.165, 1.54) is 6.42 Å². The number of methoxy groups -OCH3 is 1. The lowest BCUT2D eigenvalue weighted by Gasteiger charge is -2.37. The summed E-state index contributed by atoms with van der Waals surface area (Å²) >= 11 is 0. The largest absolute Gasteiger partial charge is 0.384 e. The fraction of sp³-hybridized carbons (Fsp3) is 0.667. The molecule has 2 fully saturated rings. The van der Waals surface area contributed by atoms with Crippen LogP contribution in [0, 0.1) is 5.92 Å². The van der Waals surface area contributed by atoms with Crippen LogP contribution in [-0.2, 0) is 9.53 Å². The molecule has 1 atom stereocenters. The number of piperidine rings is 1. The molecule has 0 aliphatic carbocycles. The Morgan fingerprint density at radius 1 is 1.25 bits per heavy atom. The third-order valence-corrected chi connectivity index (χ3v) is 4.98. The van der Waals surface area contributed by atoms with Crippen molar-refractivity contribution in [2.24, 2.45) is 5.92 Å². The van der Waals surface area contributed by atoms with Gasteiger partial charge in [-0.3, -0.25) is 9.69 Å². The van der Waals surface area contributed by atoms with Crippen molar-refractivity contribution in [3.63, 3.8) is 0 Å². The van der Waals surface area contributed by atoms with Crippen molar-refractivity contribution in [2.45, 2.75) is 12.8 Å². The van der Waals surface area contributed by atoms with E-state index in [0.29, 0.717) is 12.5 Å². The molecule has 0 unspecified atom stereocenters. The molecule has 1 aromatic rings. The zero-order valence-electron chi connectivity index (χ0n) is 14.6. The first-order chi connectivity index (χ1) is 11.8. The number of hydrogen-bond acceptors (Lipinski definition) is 5. The van der Waals surface area contributed by atoms with Crippen LogP contribution < -0.4 is 4.90 Å². The Balaban J connectivity index is 1.45. The van der Waals surface area contributed by atoms with Crippen molar-refractivity contribution in [1.29, 1.82) is 0 Å². The molecule has 0 radical (unpaired) electrons. The number of carbonyl (C=O) groups is 1. The van der Waals surface area contributed by atoms with Gasteiger partial charge in [-0.25, -0.2) is 4.98 Å². The Labute approximate surface area is 144 Å². The molecule has 0 spiro atoms. The van der Waals surface area contributed by atoms with E-state index in [4.69, 9.17) is 4.74 Å². The first kappa shape index (κ1) is 17.2. The number of nitrogens with zero attached hydrogens (tertiary/aromatic N) is 4. The number of ether oxygens (including phenoxy) is 1. The zero-order chi connectivity index (χ0) is 16.8. The SMILES string of the molecule is COC[C@H]1CCCN(C(=O)CN2CCN(c3ccccn3)CC2)C1. The fourth-order valence-corrected chi connectivity index (χ4v) is 3.63.